The molecule has 6 nitrogen and oxygen atoms in total. The van der Waals surface area contributed by atoms with Crippen molar-refractivity contribution in [2.24, 2.45) is 0 Å². The highest BCUT2D eigenvalue weighted by Gasteiger charge is 2.34. The molecule has 1 heterocycles. The van der Waals surface area contributed by atoms with Gasteiger partial charge in [-0.2, -0.15) is 0 Å². The number of carbonyl (C=O) groups is 1. The van der Waals surface area contributed by atoms with E-state index in [2.05, 4.69) is 11.5 Å². The van der Waals surface area contributed by atoms with E-state index in [1.54, 1.807) is 12.1 Å². The van der Waals surface area contributed by atoms with Crippen LogP contribution in [0.5, 0.6) is 0 Å². The Labute approximate surface area is 167 Å². The summed E-state index contributed by atoms with van der Waals surface area (Å²) in [5, 5.41) is 8.18. The minimum atomic E-state index is -3.65. The molecule has 7 heteroatoms. The molecule has 1 aromatic carbocycles. The van der Waals surface area contributed by atoms with Gasteiger partial charge in [0.05, 0.1) is 11.3 Å². The smallest absolute Gasteiger partial charge is 0.307 e. The Morgan fingerprint density at radius 3 is 2.46 bits per heavy atom. The molecule has 1 aliphatic carbocycles. The Hall–Kier alpha value is -1.70. The minimum Gasteiger partial charge on any atom is -0.481 e. The number of aliphatic carboxylic acids is 1. The number of piperazine rings is 1. The Bertz CT molecular complexity index is 794. The van der Waals surface area contributed by atoms with E-state index in [4.69, 9.17) is 5.11 Å². The second kappa shape index (κ2) is 9.20. The van der Waals surface area contributed by atoms with Crippen LogP contribution in [-0.2, 0) is 21.1 Å². The zero-order valence-electron chi connectivity index (χ0n) is 16.3. The Balaban J connectivity index is 1.70. The van der Waals surface area contributed by atoms with Gasteiger partial charge in [0, 0.05) is 32.2 Å². The summed E-state index contributed by atoms with van der Waals surface area (Å²) in [6.45, 7) is 6.93. The van der Waals surface area contributed by atoms with E-state index in [9.17, 15) is 13.2 Å². The lowest BCUT2D eigenvalue weighted by atomic mass is 9.94. The lowest BCUT2D eigenvalue weighted by Gasteiger charge is -2.42. The lowest BCUT2D eigenvalue weighted by Crippen LogP contribution is -2.54. The van der Waals surface area contributed by atoms with Crippen molar-refractivity contribution in [1.29, 1.82) is 0 Å². The summed E-state index contributed by atoms with van der Waals surface area (Å²) < 4.78 is 26.4. The molecule has 0 bridgehead atoms. The normalized spacial score (nSPS) is 21.3. The lowest BCUT2D eigenvalue weighted by molar-refractivity contribution is -0.136. The van der Waals surface area contributed by atoms with Gasteiger partial charge in [0.15, 0.2) is 9.84 Å². The fraction of sp³-hybridized carbons (Fsp3) is 0.571. The Kier molecular flexibility index (Phi) is 6.91. The molecule has 0 amide bonds. The van der Waals surface area contributed by atoms with Gasteiger partial charge in [-0.3, -0.25) is 14.6 Å². The van der Waals surface area contributed by atoms with Gasteiger partial charge in [0.25, 0.3) is 0 Å². The van der Waals surface area contributed by atoms with Crippen LogP contribution >= 0.6 is 0 Å². The predicted molar refractivity (Wildman–Crippen MR) is 109 cm³/mol. The van der Waals surface area contributed by atoms with Crippen molar-refractivity contribution in [2.75, 3.05) is 26.2 Å². The summed E-state index contributed by atoms with van der Waals surface area (Å²) >= 11 is 0. The van der Waals surface area contributed by atoms with E-state index in [0.29, 0.717) is 24.7 Å². The fourth-order valence-electron chi connectivity index (χ4n) is 4.42. The number of hydrogen-bond acceptors (Lipinski definition) is 5. The molecule has 1 unspecified atom stereocenters. The summed E-state index contributed by atoms with van der Waals surface area (Å²) in [5.41, 5.74) is 0.485. The molecular weight excluding hydrogens is 376 g/mol. The van der Waals surface area contributed by atoms with Crippen LogP contribution in [0.3, 0.4) is 0 Å². The van der Waals surface area contributed by atoms with Gasteiger partial charge in [-0.25, -0.2) is 8.42 Å². The molecule has 3 rings (SSSR count). The first-order chi connectivity index (χ1) is 13.4. The number of carboxylic acid groups (broad SMARTS) is 1. The first-order valence-corrected chi connectivity index (χ1v) is 11.6. The maximum absolute atomic E-state index is 13.2. The molecule has 154 valence electrons. The van der Waals surface area contributed by atoms with Crippen molar-refractivity contribution in [3.63, 3.8) is 0 Å². The number of sulfone groups is 1. The summed E-state index contributed by atoms with van der Waals surface area (Å²) in [7, 11) is -3.65. The number of carboxylic acids is 1. The molecule has 1 N–H and O–H groups in total. The van der Waals surface area contributed by atoms with Crippen molar-refractivity contribution < 1.29 is 18.3 Å². The first-order valence-electron chi connectivity index (χ1n) is 10.1. The van der Waals surface area contributed by atoms with Crippen molar-refractivity contribution in [3.8, 4) is 0 Å². The van der Waals surface area contributed by atoms with Crippen molar-refractivity contribution in [1.82, 2.24) is 9.80 Å². The largest absolute Gasteiger partial charge is 0.481 e. The highest BCUT2D eigenvalue weighted by Crippen LogP contribution is 2.26. The molecular formula is C21H30N2O4S. The van der Waals surface area contributed by atoms with Crippen LogP contribution < -0.4 is 0 Å². The quantitative estimate of drug-likeness (QED) is 0.701. The maximum atomic E-state index is 13.2. The molecule has 2 fully saturated rings. The number of benzene rings is 1. The van der Waals surface area contributed by atoms with Crippen molar-refractivity contribution in [2.45, 2.75) is 54.8 Å². The molecule has 0 aromatic heterocycles. The standard InChI is InChI=1S/C21H30N2O4S/c1-2-20(23-13-11-22(12-14-23)18-8-4-3-5-9-18)28(26,27)19-10-6-7-17(15-19)16-21(24)25/h2,6-7,10,15,18,20H,1,3-5,8-9,11-14,16H2,(H,24,25). The fourth-order valence-corrected chi connectivity index (χ4v) is 6.14. The Morgan fingerprint density at radius 2 is 1.86 bits per heavy atom. The van der Waals surface area contributed by atoms with Crippen LogP contribution in [0.1, 0.15) is 37.7 Å². The third kappa shape index (κ3) is 4.82. The highest BCUT2D eigenvalue weighted by atomic mass is 32.2. The van der Waals surface area contributed by atoms with E-state index in [1.165, 1.54) is 50.3 Å². The van der Waals surface area contributed by atoms with Crippen molar-refractivity contribution in [3.05, 3.63) is 42.5 Å². The second-order valence-electron chi connectivity index (χ2n) is 7.75. The zero-order valence-corrected chi connectivity index (χ0v) is 17.1. The molecule has 2 aliphatic rings. The Morgan fingerprint density at radius 1 is 1.18 bits per heavy atom. The third-order valence-electron chi connectivity index (χ3n) is 5.90. The molecule has 1 saturated heterocycles. The molecule has 1 aliphatic heterocycles. The summed E-state index contributed by atoms with van der Waals surface area (Å²) in [6, 6.07) is 6.89. The first kappa shape index (κ1) is 21.0. The topological polar surface area (TPSA) is 77.9 Å². The van der Waals surface area contributed by atoms with Gasteiger partial charge in [-0.15, -0.1) is 6.58 Å². The monoisotopic (exact) mass is 406 g/mol. The zero-order chi connectivity index (χ0) is 20.1. The van der Waals surface area contributed by atoms with Gasteiger partial charge >= 0.3 is 5.97 Å². The second-order valence-corrected chi connectivity index (χ2v) is 9.80. The SMILES string of the molecule is C=CC(N1CCN(C2CCCCC2)CC1)S(=O)(=O)c1cccc(CC(=O)O)c1. The van der Waals surface area contributed by atoms with Crippen LogP contribution in [0.15, 0.2) is 41.8 Å². The van der Waals surface area contributed by atoms with E-state index in [0.717, 1.165) is 13.1 Å². The van der Waals surface area contributed by atoms with E-state index < -0.39 is 21.2 Å². The van der Waals surface area contributed by atoms with Crippen molar-refractivity contribution >= 4 is 15.8 Å². The van der Waals surface area contributed by atoms with Crippen LogP contribution in [0.25, 0.3) is 0 Å². The molecule has 1 aromatic rings. The average Bonchev–Trinajstić information content (AvgIpc) is 2.69. The van der Waals surface area contributed by atoms with Gasteiger partial charge in [0.1, 0.15) is 5.37 Å². The van der Waals surface area contributed by atoms with Crippen LogP contribution in [0.4, 0.5) is 0 Å². The van der Waals surface area contributed by atoms with Gasteiger partial charge < -0.3 is 5.11 Å². The molecule has 0 radical (unpaired) electrons. The van der Waals surface area contributed by atoms with Crippen LogP contribution in [0.2, 0.25) is 0 Å². The average molecular weight is 407 g/mol. The summed E-state index contributed by atoms with van der Waals surface area (Å²) in [6.07, 6.45) is 7.72. The maximum Gasteiger partial charge on any atom is 0.307 e. The van der Waals surface area contributed by atoms with Gasteiger partial charge in [-0.05, 0) is 30.5 Å². The molecule has 0 spiro atoms. The highest BCUT2D eigenvalue weighted by molar-refractivity contribution is 7.92. The molecule has 28 heavy (non-hydrogen) atoms. The molecule has 1 saturated carbocycles. The number of rotatable bonds is 7. The van der Waals surface area contributed by atoms with E-state index in [-0.39, 0.29) is 11.3 Å². The van der Waals surface area contributed by atoms with Crippen LogP contribution in [0, 0.1) is 0 Å². The van der Waals surface area contributed by atoms with Gasteiger partial charge in [0.2, 0.25) is 0 Å². The molecule has 1 atom stereocenters. The van der Waals surface area contributed by atoms with E-state index in [1.807, 2.05) is 4.90 Å². The number of nitrogens with zero attached hydrogens (tertiary/aromatic N) is 2. The predicted octanol–water partition coefficient (Wildman–Crippen LogP) is 2.55. The summed E-state index contributed by atoms with van der Waals surface area (Å²) in [5.74, 6) is -0.978. The third-order valence-corrected chi connectivity index (χ3v) is 7.94. The van der Waals surface area contributed by atoms with Gasteiger partial charge in [-0.1, -0.05) is 37.5 Å². The van der Waals surface area contributed by atoms with Crippen LogP contribution in [-0.4, -0.2) is 66.9 Å². The summed E-state index contributed by atoms with van der Waals surface area (Å²) in [4.78, 5) is 15.6. The van der Waals surface area contributed by atoms with E-state index >= 15 is 0 Å². The number of hydrogen-bond donors (Lipinski definition) is 1. The minimum absolute atomic E-state index is 0.158.